The minimum absolute atomic E-state index is 0.247. The van der Waals surface area contributed by atoms with Gasteiger partial charge in [-0.2, -0.15) is 0 Å². The molecule has 0 aliphatic rings. The number of imidazole rings is 1. The Hall–Kier alpha value is -2.96. The first-order valence-corrected chi connectivity index (χ1v) is 5.88. The van der Waals surface area contributed by atoms with Crippen LogP contribution in [0.2, 0.25) is 0 Å². The number of nitrogens with zero attached hydrogens (tertiary/aromatic N) is 4. The summed E-state index contributed by atoms with van der Waals surface area (Å²) in [5, 5.41) is 8.90. The molecule has 0 aliphatic heterocycles. The predicted molar refractivity (Wildman–Crippen MR) is 73.1 cm³/mol. The summed E-state index contributed by atoms with van der Waals surface area (Å²) >= 11 is 0. The van der Waals surface area contributed by atoms with Gasteiger partial charge >= 0.3 is 5.97 Å². The van der Waals surface area contributed by atoms with Crippen molar-refractivity contribution in [3.63, 3.8) is 0 Å². The van der Waals surface area contributed by atoms with E-state index in [1.165, 1.54) is 6.33 Å². The second kappa shape index (κ2) is 4.61. The molecule has 2 aromatic heterocycles. The highest BCUT2D eigenvalue weighted by Crippen LogP contribution is 2.26. The van der Waals surface area contributed by atoms with Gasteiger partial charge in [0.05, 0.1) is 11.9 Å². The van der Waals surface area contributed by atoms with Crippen molar-refractivity contribution in [2.24, 2.45) is 0 Å². The molecule has 0 aliphatic carbocycles. The van der Waals surface area contributed by atoms with Gasteiger partial charge in [0.15, 0.2) is 11.5 Å². The lowest BCUT2D eigenvalue weighted by Crippen LogP contribution is -2.12. The largest absolute Gasteiger partial charge is 0.478 e. The third kappa shape index (κ3) is 1.95. The van der Waals surface area contributed by atoms with E-state index in [0.29, 0.717) is 11.5 Å². The summed E-state index contributed by atoms with van der Waals surface area (Å²) in [6, 6.07) is 6.57. The molecular formula is C13H11N5O2. The van der Waals surface area contributed by atoms with Gasteiger partial charge in [-0.3, -0.25) is 0 Å². The number of H-pyrrole nitrogens is 1. The van der Waals surface area contributed by atoms with Crippen LogP contribution in [0.3, 0.4) is 0 Å². The van der Waals surface area contributed by atoms with Crippen molar-refractivity contribution >= 4 is 28.6 Å². The van der Waals surface area contributed by atoms with Crippen molar-refractivity contribution < 1.29 is 9.90 Å². The normalized spacial score (nSPS) is 10.7. The Morgan fingerprint density at radius 2 is 1.95 bits per heavy atom. The van der Waals surface area contributed by atoms with E-state index in [2.05, 4.69) is 19.9 Å². The van der Waals surface area contributed by atoms with E-state index >= 15 is 0 Å². The van der Waals surface area contributed by atoms with E-state index in [4.69, 9.17) is 5.11 Å². The number of aromatic nitrogens is 4. The fourth-order valence-electron chi connectivity index (χ4n) is 1.96. The van der Waals surface area contributed by atoms with E-state index in [1.54, 1.807) is 30.6 Å². The highest BCUT2D eigenvalue weighted by atomic mass is 16.4. The number of fused-ring (bicyclic) bond motifs is 1. The zero-order valence-corrected chi connectivity index (χ0v) is 10.6. The molecule has 7 heteroatoms. The zero-order valence-electron chi connectivity index (χ0n) is 10.6. The molecule has 3 rings (SSSR count). The molecule has 3 aromatic rings. The molecule has 2 heterocycles. The SMILES string of the molecule is CN(c1ccc(C(=O)O)cc1)c1ncnc2nc[nH]c12. The summed E-state index contributed by atoms with van der Waals surface area (Å²) in [7, 11) is 1.85. The molecule has 1 aromatic carbocycles. The number of hydrogen-bond donors (Lipinski definition) is 2. The lowest BCUT2D eigenvalue weighted by atomic mass is 10.2. The van der Waals surface area contributed by atoms with E-state index in [0.717, 1.165) is 11.2 Å². The number of anilines is 2. The monoisotopic (exact) mass is 269 g/mol. The van der Waals surface area contributed by atoms with E-state index < -0.39 is 5.97 Å². The lowest BCUT2D eigenvalue weighted by molar-refractivity contribution is 0.0697. The second-order valence-corrected chi connectivity index (χ2v) is 4.21. The Balaban J connectivity index is 2.01. The van der Waals surface area contributed by atoms with Crippen LogP contribution in [-0.4, -0.2) is 38.1 Å². The molecule has 20 heavy (non-hydrogen) atoms. The molecule has 100 valence electrons. The average Bonchev–Trinajstić information content (AvgIpc) is 2.95. The summed E-state index contributed by atoms with van der Waals surface area (Å²) < 4.78 is 0. The van der Waals surface area contributed by atoms with Gasteiger partial charge < -0.3 is 15.0 Å². The molecule has 0 spiro atoms. The number of carboxylic acids is 1. The summed E-state index contributed by atoms with van der Waals surface area (Å²) in [5.41, 5.74) is 2.39. The first-order valence-electron chi connectivity index (χ1n) is 5.88. The zero-order chi connectivity index (χ0) is 14.1. The number of aromatic carboxylic acids is 1. The Morgan fingerprint density at radius 1 is 1.20 bits per heavy atom. The molecule has 0 atom stereocenters. The number of rotatable bonds is 3. The summed E-state index contributed by atoms with van der Waals surface area (Å²) in [6.45, 7) is 0. The molecule has 7 nitrogen and oxygen atoms in total. The van der Waals surface area contributed by atoms with Crippen LogP contribution in [0.5, 0.6) is 0 Å². The number of benzene rings is 1. The molecule has 0 amide bonds. The third-order valence-corrected chi connectivity index (χ3v) is 3.02. The molecule has 0 radical (unpaired) electrons. The van der Waals surface area contributed by atoms with E-state index in [9.17, 15) is 4.79 Å². The smallest absolute Gasteiger partial charge is 0.335 e. The Bertz CT molecular complexity index is 766. The summed E-state index contributed by atoms with van der Waals surface area (Å²) in [6.07, 6.45) is 3.00. The van der Waals surface area contributed by atoms with E-state index in [-0.39, 0.29) is 5.56 Å². The van der Waals surface area contributed by atoms with Crippen LogP contribution in [-0.2, 0) is 0 Å². The summed E-state index contributed by atoms with van der Waals surface area (Å²) in [4.78, 5) is 28.1. The first kappa shape index (κ1) is 12.1. The van der Waals surface area contributed by atoms with Crippen LogP contribution >= 0.6 is 0 Å². The van der Waals surface area contributed by atoms with Crippen LogP contribution in [0.4, 0.5) is 11.5 Å². The highest BCUT2D eigenvalue weighted by molar-refractivity contribution is 5.89. The predicted octanol–water partition coefficient (Wildman–Crippen LogP) is 1.82. The Kier molecular flexibility index (Phi) is 2.79. The van der Waals surface area contributed by atoms with Crippen molar-refractivity contribution in [1.29, 1.82) is 0 Å². The van der Waals surface area contributed by atoms with Crippen LogP contribution in [0.15, 0.2) is 36.9 Å². The molecule has 0 fully saturated rings. The van der Waals surface area contributed by atoms with Gasteiger partial charge in [0.25, 0.3) is 0 Å². The number of nitrogens with one attached hydrogen (secondary N) is 1. The van der Waals surface area contributed by atoms with Gasteiger partial charge in [-0.05, 0) is 24.3 Å². The quantitative estimate of drug-likeness (QED) is 0.753. The Labute approximate surface area is 113 Å². The van der Waals surface area contributed by atoms with Crippen LogP contribution < -0.4 is 4.90 Å². The number of hydrogen-bond acceptors (Lipinski definition) is 5. The minimum Gasteiger partial charge on any atom is -0.478 e. The van der Waals surface area contributed by atoms with Gasteiger partial charge in [0.2, 0.25) is 0 Å². The second-order valence-electron chi connectivity index (χ2n) is 4.21. The fraction of sp³-hybridized carbons (Fsp3) is 0.0769. The lowest BCUT2D eigenvalue weighted by Gasteiger charge is -2.18. The topological polar surface area (TPSA) is 95.0 Å². The maximum Gasteiger partial charge on any atom is 0.335 e. The van der Waals surface area contributed by atoms with Crippen molar-refractivity contribution in [3.05, 3.63) is 42.5 Å². The average molecular weight is 269 g/mol. The van der Waals surface area contributed by atoms with Gasteiger partial charge in [0, 0.05) is 12.7 Å². The van der Waals surface area contributed by atoms with Gasteiger partial charge in [-0.1, -0.05) is 0 Å². The molecule has 0 unspecified atom stereocenters. The fourth-order valence-corrected chi connectivity index (χ4v) is 1.96. The van der Waals surface area contributed by atoms with Gasteiger partial charge in [0.1, 0.15) is 11.8 Å². The standard InChI is InChI=1S/C13H11N5O2/c1-18(9-4-2-8(3-5-9)13(19)20)12-10-11(15-6-14-10)16-7-17-12/h2-7H,1H3,(H,19,20)(H,14,15,16,17). The summed E-state index contributed by atoms with van der Waals surface area (Å²) in [5.74, 6) is -0.271. The van der Waals surface area contributed by atoms with E-state index in [1.807, 2.05) is 11.9 Å². The van der Waals surface area contributed by atoms with Crippen molar-refractivity contribution in [3.8, 4) is 0 Å². The molecular weight excluding hydrogens is 258 g/mol. The van der Waals surface area contributed by atoms with Crippen molar-refractivity contribution in [2.45, 2.75) is 0 Å². The van der Waals surface area contributed by atoms with Crippen molar-refractivity contribution in [1.82, 2.24) is 19.9 Å². The maximum absolute atomic E-state index is 10.8. The minimum atomic E-state index is -0.947. The number of carbonyl (C=O) groups is 1. The molecule has 0 bridgehead atoms. The molecule has 0 saturated carbocycles. The number of aromatic amines is 1. The first-order chi connectivity index (χ1) is 9.66. The molecule has 0 saturated heterocycles. The van der Waals surface area contributed by atoms with Crippen molar-refractivity contribution in [2.75, 3.05) is 11.9 Å². The van der Waals surface area contributed by atoms with Crippen LogP contribution in [0.1, 0.15) is 10.4 Å². The molecule has 2 N–H and O–H groups in total. The Morgan fingerprint density at radius 3 is 2.65 bits per heavy atom. The highest BCUT2D eigenvalue weighted by Gasteiger charge is 2.12. The van der Waals surface area contributed by atoms with Crippen LogP contribution in [0, 0.1) is 0 Å². The third-order valence-electron chi connectivity index (χ3n) is 3.02. The maximum atomic E-state index is 10.8. The van der Waals surface area contributed by atoms with Crippen LogP contribution in [0.25, 0.3) is 11.2 Å². The number of carboxylic acid groups (broad SMARTS) is 1. The van der Waals surface area contributed by atoms with Gasteiger partial charge in [-0.15, -0.1) is 0 Å². The van der Waals surface area contributed by atoms with Gasteiger partial charge in [-0.25, -0.2) is 19.7 Å².